The van der Waals surface area contributed by atoms with Gasteiger partial charge < -0.3 is 19.5 Å². The molecule has 5 rings (SSSR count). The van der Waals surface area contributed by atoms with Crippen LogP contribution < -0.4 is 9.47 Å². The number of halogens is 1. The van der Waals surface area contributed by atoms with Crippen molar-refractivity contribution in [2.75, 3.05) is 13.7 Å². The lowest BCUT2D eigenvalue weighted by molar-refractivity contribution is -0.138. The van der Waals surface area contributed by atoms with Gasteiger partial charge in [-0.05, 0) is 69.5 Å². The molecule has 0 saturated heterocycles. The first-order valence-electron chi connectivity index (χ1n) is 13.9. The number of allylic oxidation sites excluding steroid dienone is 4. The van der Waals surface area contributed by atoms with Crippen LogP contribution in [0.15, 0.2) is 65.0 Å². The molecule has 0 fully saturated rings. The Morgan fingerprint density at radius 2 is 1.51 bits per heavy atom. The van der Waals surface area contributed by atoms with Gasteiger partial charge in [0.2, 0.25) is 0 Å². The van der Waals surface area contributed by atoms with E-state index in [0.29, 0.717) is 54.9 Å². The average molecular weight is 670 g/mol. The molecular formula is C33H36INO6. The SMILES string of the molecule is COc1cc(C2C3=C(CC(C)(C)CC3=O)N(CC(=O)O)C3=C2C(=O)CC(C)(C)C3)cc(I)c1OCc1ccccc1. The van der Waals surface area contributed by atoms with Gasteiger partial charge in [-0.2, -0.15) is 0 Å². The second-order valence-corrected chi connectivity index (χ2v) is 14.0. The first kappa shape index (κ1) is 29.4. The summed E-state index contributed by atoms with van der Waals surface area (Å²) in [5, 5.41) is 9.90. The third kappa shape index (κ3) is 5.80. The van der Waals surface area contributed by atoms with Gasteiger partial charge in [-0.3, -0.25) is 14.4 Å². The second kappa shape index (κ2) is 10.9. The van der Waals surface area contributed by atoms with E-state index in [1.54, 1.807) is 12.0 Å². The minimum Gasteiger partial charge on any atom is -0.493 e. The molecule has 0 spiro atoms. The molecule has 7 nitrogen and oxygen atoms in total. The molecule has 0 saturated carbocycles. The average Bonchev–Trinajstić information content (AvgIpc) is 2.87. The Hall–Kier alpha value is -3.14. The minimum absolute atomic E-state index is 0.0424. The number of ketones is 2. The molecule has 0 atom stereocenters. The molecule has 1 aliphatic heterocycles. The van der Waals surface area contributed by atoms with Crippen LogP contribution in [0.5, 0.6) is 11.5 Å². The first-order valence-corrected chi connectivity index (χ1v) is 14.9. The highest BCUT2D eigenvalue weighted by molar-refractivity contribution is 14.1. The third-order valence-electron chi connectivity index (χ3n) is 8.13. The Morgan fingerprint density at radius 1 is 0.951 bits per heavy atom. The van der Waals surface area contributed by atoms with Crippen molar-refractivity contribution in [3.63, 3.8) is 0 Å². The molecule has 0 amide bonds. The number of rotatable bonds is 7. The van der Waals surface area contributed by atoms with E-state index < -0.39 is 11.9 Å². The zero-order valence-corrected chi connectivity index (χ0v) is 26.3. The molecule has 2 aliphatic carbocycles. The molecule has 0 radical (unpaired) electrons. The normalized spacial score (nSPS) is 20.1. The number of carboxylic acid groups (broad SMARTS) is 1. The molecule has 3 aliphatic rings. The predicted octanol–water partition coefficient (Wildman–Crippen LogP) is 6.65. The van der Waals surface area contributed by atoms with E-state index in [0.717, 1.165) is 26.1 Å². The molecule has 2 aromatic rings. The van der Waals surface area contributed by atoms with E-state index in [1.807, 2.05) is 70.2 Å². The van der Waals surface area contributed by atoms with Crippen LogP contribution in [-0.2, 0) is 21.0 Å². The molecule has 41 heavy (non-hydrogen) atoms. The van der Waals surface area contributed by atoms with Crippen LogP contribution in [0, 0.1) is 14.4 Å². The van der Waals surface area contributed by atoms with Crippen LogP contribution in [0.25, 0.3) is 0 Å². The summed E-state index contributed by atoms with van der Waals surface area (Å²) in [5.41, 5.74) is 3.66. The number of benzene rings is 2. The van der Waals surface area contributed by atoms with Crippen LogP contribution in [0.3, 0.4) is 0 Å². The number of aliphatic carboxylic acids is 1. The number of Topliss-reactive ketones (excluding diaryl/α,β-unsaturated/α-hetero) is 2. The van der Waals surface area contributed by atoms with E-state index in [4.69, 9.17) is 9.47 Å². The third-order valence-corrected chi connectivity index (χ3v) is 8.93. The highest BCUT2D eigenvalue weighted by atomic mass is 127. The summed E-state index contributed by atoms with van der Waals surface area (Å²) < 4.78 is 12.8. The Bertz CT molecular complexity index is 1430. The molecule has 0 bridgehead atoms. The quantitative estimate of drug-likeness (QED) is 0.330. The highest BCUT2D eigenvalue weighted by Crippen LogP contribution is 2.55. The van der Waals surface area contributed by atoms with E-state index in [1.165, 1.54) is 0 Å². The van der Waals surface area contributed by atoms with Crippen molar-refractivity contribution in [3.8, 4) is 11.5 Å². The number of hydrogen-bond donors (Lipinski definition) is 1. The Kier molecular flexibility index (Phi) is 7.82. The van der Waals surface area contributed by atoms with Gasteiger partial charge >= 0.3 is 5.97 Å². The van der Waals surface area contributed by atoms with Gasteiger partial charge in [-0.25, -0.2) is 0 Å². The summed E-state index contributed by atoms with van der Waals surface area (Å²) in [6.07, 6.45) is 1.77. The van der Waals surface area contributed by atoms with Gasteiger partial charge in [0.15, 0.2) is 23.1 Å². The number of hydrogen-bond acceptors (Lipinski definition) is 6. The van der Waals surface area contributed by atoms with E-state index in [-0.39, 0.29) is 28.9 Å². The molecule has 2 aromatic carbocycles. The molecule has 1 heterocycles. The van der Waals surface area contributed by atoms with Crippen LogP contribution in [0.2, 0.25) is 0 Å². The van der Waals surface area contributed by atoms with Crippen LogP contribution in [0.4, 0.5) is 0 Å². The van der Waals surface area contributed by atoms with Crippen molar-refractivity contribution in [1.29, 1.82) is 0 Å². The predicted molar refractivity (Wildman–Crippen MR) is 164 cm³/mol. The number of carbonyl (C=O) groups is 3. The van der Waals surface area contributed by atoms with Crippen molar-refractivity contribution in [2.45, 2.75) is 65.9 Å². The lowest BCUT2D eigenvalue weighted by Gasteiger charge is -2.48. The number of nitrogens with zero attached hydrogens (tertiary/aromatic N) is 1. The zero-order chi connectivity index (χ0) is 29.7. The topological polar surface area (TPSA) is 93.1 Å². The summed E-state index contributed by atoms with van der Waals surface area (Å²) in [5.74, 6) is -0.557. The Balaban J connectivity index is 1.68. The molecule has 216 valence electrons. The second-order valence-electron chi connectivity index (χ2n) is 12.8. The lowest BCUT2D eigenvalue weighted by Crippen LogP contribution is -2.45. The molecule has 8 heteroatoms. The van der Waals surface area contributed by atoms with Gasteiger partial charge in [0, 0.05) is 41.3 Å². The van der Waals surface area contributed by atoms with Gasteiger partial charge in [0.05, 0.1) is 10.7 Å². The van der Waals surface area contributed by atoms with Crippen molar-refractivity contribution in [2.24, 2.45) is 10.8 Å². The van der Waals surface area contributed by atoms with Gasteiger partial charge in [0.1, 0.15) is 13.2 Å². The van der Waals surface area contributed by atoms with E-state index in [9.17, 15) is 19.5 Å². The van der Waals surface area contributed by atoms with Crippen LogP contribution in [-0.4, -0.2) is 41.2 Å². The number of carbonyl (C=O) groups excluding carboxylic acids is 2. The summed E-state index contributed by atoms with van der Waals surface area (Å²) >= 11 is 2.22. The van der Waals surface area contributed by atoms with E-state index in [2.05, 4.69) is 22.6 Å². The smallest absolute Gasteiger partial charge is 0.323 e. The maximum atomic E-state index is 13.9. The first-order chi connectivity index (χ1) is 19.3. The van der Waals surface area contributed by atoms with Gasteiger partial charge in [-0.15, -0.1) is 0 Å². The largest absolute Gasteiger partial charge is 0.493 e. The van der Waals surface area contributed by atoms with E-state index >= 15 is 0 Å². The van der Waals surface area contributed by atoms with Gasteiger partial charge in [0.25, 0.3) is 0 Å². The van der Waals surface area contributed by atoms with Crippen LogP contribution >= 0.6 is 22.6 Å². The fourth-order valence-corrected chi connectivity index (χ4v) is 7.26. The van der Waals surface area contributed by atoms with Crippen molar-refractivity contribution in [1.82, 2.24) is 4.90 Å². The van der Waals surface area contributed by atoms with Crippen molar-refractivity contribution in [3.05, 3.63) is 79.7 Å². The Labute approximate surface area is 254 Å². The number of carboxylic acids is 1. The standard InChI is InChI=1S/C33H36INO6/c1-32(2)13-22-29(24(36)15-32)28(30-23(35(22)17-27(38)39)14-33(3,4)16-25(30)37)20-11-21(34)31(26(12-20)40-5)41-18-19-9-7-6-8-10-19/h6-12,28H,13-18H2,1-5H3,(H,38,39). The minimum atomic E-state index is -0.995. The molecule has 0 aromatic heterocycles. The summed E-state index contributed by atoms with van der Waals surface area (Å²) in [4.78, 5) is 41.7. The monoisotopic (exact) mass is 669 g/mol. The molecule has 1 N–H and O–H groups in total. The maximum Gasteiger partial charge on any atom is 0.323 e. The van der Waals surface area contributed by atoms with Crippen molar-refractivity contribution >= 4 is 40.1 Å². The summed E-state index contributed by atoms with van der Waals surface area (Å²) in [7, 11) is 1.58. The molecular weight excluding hydrogens is 633 g/mol. The molecule has 0 unspecified atom stereocenters. The van der Waals surface area contributed by atoms with Crippen molar-refractivity contribution < 1.29 is 29.0 Å². The Morgan fingerprint density at radius 3 is 2.02 bits per heavy atom. The number of methoxy groups -OCH3 is 1. The summed E-state index contributed by atoms with van der Waals surface area (Å²) in [6, 6.07) is 13.7. The van der Waals surface area contributed by atoms with Crippen LogP contribution in [0.1, 0.15) is 70.4 Å². The van der Waals surface area contributed by atoms with Gasteiger partial charge in [-0.1, -0.05) is 58.0 Å². The fourth-order valence-electron chi connectivity index (χ4n) is 6.48. The lowest BCUT2D eigenvalue weighted by atomic mass is 9.63. The zero-order valence-electron chi connectivity index (χ0n) is 24.2. The highest BCUT2D eigenvalue weighted by Gasteiger charge is 2.49. The summed E-state index contributed by atoms with van der Waals surface area (Å²) in [6.45, 7) is 8.22. The fraction of sp³-hybridized carbons (Fsp3) is 0.424. The number of ether oxygens (including phenoxy) is 2. The maximum absolute atomic E-state index is 13.9.